The number of amides is 5. The Hall–Kier alpha value is -3.10. The van der Waals surface area contributed by atoms with Crippen molar-refractivity contribution >= 4 is 29.4 Å². The summed E-state index contributed by atoms with van der Waals surface area (Å²) in [7, 11) is 0. The summed E-state index contributed by atoms with van der Waals surface area (Å²) in [5.74, 6) is -1.32. The molecule has 0 radical (unpaired) electrons. The number of anilines is 1. The van der Waals surface area contributed by atoms with Crippen molar-refractivity contribution in [2.75, 3.05) is 24.5 Å². The fourth-order valence-corrected chi connectivity index (χ4v) is 4.63. The standard InChI is InChI=1S/C21H27N5O4/c27-17(13-25-12-6-8-15-7-2-3-9-16(15)25)23-24-18(28)14-26-19(29)21(22-20(26)30)10-4-1-5-11-21/h2-3,7,9H,1,4-6,8,10-14H2,(H,22,30)(H,23,27)(H,24,28). The number of carbonyl (C=O) groups is 4. The van der Waals surface area contributed by atoms with Crippen LogP contribution in [0.2, 0.25) is 0 Å². The quantitative estimate of drug-likeness (QED) is 0.500. The number of carbonyl (C=O) groups excluding carboxylic acids is 4. The summed E-state index contributed by atoms with van der Waals surface area (Å²) in [6.07, 6.45) is 5.94. The van der Waals surface area contributed by atoms with Crippen LogP contribution in [0, 0.1) is 0 Å². The maximum absolute atomic E-state index is 12.7. The van der Waals surface area contributed by atoms with Crippen molar-refractivity contribution in [1.82, 2.24) is 21.1 Å². The number of nitrogens with zero attached hydrogens (tertiary/aromatic N) is 2. The molecule has 1 saturated carbocycles. The van der Waals surface area contributed by atoms with Crippen molar-refractivity contribution in [3.63, 3.8) is 0 Å². The Labute approximate surface area is 175 Å². The van der Waals surface area contributed by atoms with E-state index in [2.05, 4.69) is 22.2 Å². The summed E-state index contributed by atoms with van der Waals surface area (Å²) >= 11 is 0. The van der Waals surface area contributed by atoms with Gasteiger partial charge in [0.1, 0.15) is 12.1 Å². The maximum atomic E-state index is 12.7. The average Bonchev–Trinajstić information content (AvgIpc) is 2.97. The normalized spacial score (nSPS) is 20.0. The molecule has 1 saturated heterocycles. The predicted molar refractivity (Wildman–Crippen MR) is 109 cm³/mol. The van der Waals surface area contributed by atoms with Gasteiger partial charge in [0, 0.05) is 12.2 Å². The van der Waals surface area contributed by atoms with Crippen molar-refractivity contribution < 1.29 is 19.2 Å². The van der Waals surface area contributed by atoms with E-state index in [1.165, 1.54) is 5.56 Å². The van der Waals surface area contributed by atoms with Crippen LogP contribution < -0.4 is 21.1 Å². The van der Waals surface area contributed by atoms with E-state index in [1.54, 1.807) is 0 Å². The fraction of sp³-hybridized carbons (Fsp3) is 0.524. The molecule has 30 heavy (non-hydrogen) atoms. The molecule has 2 heterocycles. The van der Waals surface area contributed by atoms with Gasteiger partial charge in [0.15, 0.2) is 0 Å². The molecule has 1 aliphatic carbocycles. The number of rotatable bonds is 4. The highest BCUT2D eigenvalue weighted by molar-refractivity contribution is 6.09. The third kappa shape index (κ3) is 3.96. The number of aryl methyl sites for hydroxylation is 1. The minimum absolute atomic E-state index is 0.115. The lowest BCUT2D eigenvalue weighted by atomic mass is 9.82. The van der Waals surface area contributed by atoms with Crippen LogP contribution in [0.3, 0.4) is 0 Å². The zero-order valence-electron chi connectivity index (χ0n) is 16.9. The molecule has 3 aliphatic rings. The first-order valence-electron chi connectivity index (χ1n) is 10.5. The molecule has 2 aliphatic heterocycles. The molecule has 0 aromatic heterocycles. The van der Waals surface area contributed by atoms with Gasteiger partial charge in [-0.2, -0.15) is 0 Å². The van der Waals surface area contributed by atoms with Crippen molar-refractivity contribution in [2.24, 2.45) is 0 Å². The minimum atomic E-state index is -0.861. The second kappa shape index (κ2) is 8.33. The Balaban J connectivity index is 1.28. The van der Waals surface area contributed by atoms with Crippen LogP contribution in [-0.2, 0) is 20.8 Å². The van der Waals surface area contributed by atoms with E-state index in [4.69, 9.17) is 0 Å². The lowest BCUT2D eigenvalue weighted by Crippen LogP contribution is -2.51. The lowest BCUT2D eigenvalue weighted by Gasteiger charge is -2.30. The maximum Gasteiger partial charge on any atom is 0.325 e. The summed E-state index contributed by atoms with van der Waals surface area (Å²) in [5, 5.41) is 2.77. The molecule has 3 N–H and O–H groups in total. The van der Waals surface area contributed by atoms with Gasteiger partial charge in [0.25, 0.3) is 17.7 Å². The van der Waals surface area contributed by atoms with Crippen LogP contribution in [0.4, 0.5) is 10.5 Å². The fourth-order valence-electron chi connectivity index (χ4n) is 4.63. The summed E-state index contributed by atoms with van der Waals surface area (Å²) in [4.78, 5) is 52.4. The van der Waals surface area contributed by atoms with Crippen LogP contribution in [0.5, 0.6) is 0 Å². The summed E-state index contributed by atoms with van der Waals surface area (Å²) in [5.41, 5.74) is 6.08. The molecule has 0 bridgehead atoms. The van der Waals surface area contributed by atoms with Crippen molar-refractivity contribution in [3.8, 4) is 0 Å². The number of hydrazine groups is 1. The van der Waals surface area contributed by atoms with E-state index in [0.29, 0.717) is 12.8 Å². The Bertz CT molecular complexity index is 865. The lowest BCUT2D eigenvalue weighted by molar-refractivity contribution is -0.136. The largest absolute Gasteiger partial charge is 0.362 e. The van der Waals surface area contributed by atoms with Crippen LogP contribution in [0.15, 0.2) is 24.3 Å². The molecule has 4 rings (SSSR count). The number of para-hydroxylation sites is 1. The zero-order valence-corrected chi connectivity index (χ0v) is 16.9. The van der Waals surface area contributed by atoms with Crippen molar-refractivity contribution in [2.45, 2.75) is 50.5 Å². The van der Waals surface area contributed by atoms with Gasteiger partial charge < -0.3 is 10.2 Å². The highest BCUT2D eigenvalue weighted by atomic mass is 16.2. The molecular formula is C21H27N5O4. The van der Waals surface area contributed by atoms with Crippen LogP contribution in [0.1, 0.15) is 44.1 Å². The molecule has 160 valence electrons. The second-order valence-electron chi connectivity index (χ2n) is 8.21. The van der Waals surface area contributed by atoms with Gasteiger partial charge in [0.2, 0.25) is 0 Å². The molecule has 1 aromatic carbocycles. The third-order valence-electron chi connectivity index (χ3n) is 6.14. The van der Waals surface area contributed by atoms with E-state index >= 15 is 0 Å². The predicted octanol–water partition coefficient (Wildman–Crippen LogP) is 0.841. The minimum Gasteiger partial charge on any atom is -0.362 e. The van der Waals surface area contributed by atoms with Gasteiger partial charge in [-0.05, 0) is 37.3 Å². The first-order chi connectivity index (χ1) is 14.5. The second-order valence-corrected chi connectivity index (χ2v) is 8.21. The number of urea groups is 1. The number of benzene rings is 1. The monoisotopic (exact) mass is 413 g/mol. The van der Waals surface area contributed by atoms with E-state index in [0.717, 1.165) is 49.2 Å². The molecule has 9 nitrogen and oxygen atoms in total. The van der Waals surface area contributed by atoms with Crippen LogP contribution >= 0.6 is 0 Å². The highest BCUT2D eigenvalue weighted by Crippen LogP contribution is 2.33. The van der Waals surface area contributed by atoms with Gasteiger partial charge in [-0.15, -0.1) is 0 Å². The molecule has 0 atom stereocenters. The number of nitrogens with one attached hydrogen (secondary N) is 3. The zero-order chi connectivity index (χ0) is 21.1. The number of hydrogen-bond acceptors (Lipinski definition) is 5. The van der Waals surface area contributed by atoms with E-state index in [9.17, 15) is 19.2 Å². The summed E-state index contributed by atoms with van der Waals surface area (Å²) < 4.78 is 0. The van der Waals surface area contributed by atoms with E-state index in [-0.39, 0.29) is 18.4 Å². The van der Waals surface area contributed by atoms with Gasteiger partial charge in [-0.25, -0.2) is 4.79 Å². The molecule has 5 amide bonds. The van der Waals surface area contributed by atoms with Gasteiger partial charge >= 0.3 is 6.03 Å². The Morgan fingerprint density at radius 1 is 0.967 bits per heavy atom. The van der Waals surface area contributed by atoms with Gasteiger partial charge in [-0.3, -0.25) is 30.1 Å². The van der Waals surface area contributed by atoms with E-state index in [1.807, 2.05) is 23.1 Å². The highest BCUT2D eigenvalue weighted by Gasteiger charge is 2.51. The first-order valence-corrected chi connectivity index (χ1v) is 10.5. The smallest absolute Gasteiger partial charge is 0.325 e. The first kappa shape index (κ1) is 20.2. The SMILES string of the molecule is O=C(CN1C(=O)NC2(CCCCC2)C1=O)NNC(=O)CN1CCCc2ccccc21. The van der Waals surface area contributed by atoms with E-state index < -0.39 is 24.0 Å². The van der Waals surface area contributed by atoms with Crippen LogP contribution in [-0.4, -0.2) is 53.8 Å². The molecular weight excluding hydrogens is 386 g/mol. The summed E-state index contributed by atoms with van der Waals surface area (Å²) in [6.45, 7) is 0.464. The summed E-state index contributed by atoms with van der Waals surface area (Å²) in [6, 6.07) is 7.41. The Kier molecular flexibility index (Phi) is 5.61. The number of imide groups is 1. The van der Waals surface area contributed by atoms with Gasteiger partial charge in [-0.1, -0.05) is 37.5 Å². The van der Waals surface area contributed by atoms with Crippen molar-refractivity contribution in [1.29, 1.82) is 0 Å². The topological polar surface area (TPSA) is 111 Å². The van der Waals surface area contributed by atoms with Crippen LogP contribution in [0.25, 0.3) is 0 Å². The third-order valence-corrected chi connectivity index (χ3v) is 6.14. The molecule has 1 spiro atoms. The Morgan fingerprint density at radius 3 is 2.43 bits per heavy atom. The number of fused-ring (bicyclic) bond motifs is 1. The van der Waals surface area contributed by atoms with Gasteiger partial charge in [0.05, 0.1) is 6.54 Å². The molecule has 2 fully saturated rings. The number of hydrogen-bond donors (Lipinski definition) is 3. The molecule has 9 heteroatoms. The average molecular weight is 413 g/mol. The van der Waals surface area contributed by atoms with Crippen molar-refractivity contribution in [3.05, 3.63) is 29.8 Å². The molecule has 0 unspecified atom stereocenters. The molecule has 1 aromatic rings. The Morgan fingerprint density at radius 2 is 1.67 bits per heavy atom.